The van der Waals surface area contributed by atoms with E-state index in [1.807, 2.05) is 0 Å². The van der Waals surface area contributed by atoms with Crippen LogP contribution in [0.2, 0.25) is 0 Å². The van der Waals surface area contributed by atoms with E-state index < -0.39 is 21.6 Å². The predicted molar refractivity (Wildman–Crippen MR) is 118 cm³/mol. The summed E-state index contributed by atoms with van der Waals surface area (Å²) in [6.07, 6.45) is 1.10. The third kappa shape index (κ3) is 6.61. The van der Waals surface area contributed by atoms with Crippen LogP contribution in [0.5, 0.6) is 0 Å². The van der Waals surface area contributed by atoms with Crippen molar-refractivity contribution < 1.29 is 23.1 Å². The third-order valence-corrected chi connectivity index (χ3v) is 4.93. The van der Waals surface area contributed by atoms with Gasteiger partial charge in [-0.15, -0.1) is 0 Å². The molecule has 1 N–H and O–H groups in total. The second-order valence-electron chi connectivity index (χ2n) is 7.99. The van der Waals surface area contributed by atoms with Crippen LogP contribution >= 0.6 is 0 Å². The van der Waals surface area contributed by atoms with Gasteiger partial charge in [-0.2, -0.15) is 0 Å². The van der Waals surface area contributed by atoms with E-state index in [1.165, 1.54) is 6.07 Å². The molecule has 30 heavy (non-hydrogen) atoms. The van der Waals surface area contributed by atoms with Gasteiger partial charge in [-0.25, -0.2) is 17.5 Å². The molecule has 7 heteroatoms. The normalized spacial score (nSPS) is 12.5. The molecule has 2 aromatic carbocycles. The fourth-order valence-electron chi connectivity index (χ4n) is 2.60. The Morgan fingerprint density at radius 2 is 1.77 bits per heavy atom. The number of nitrogens with zero attached hydrogens (tertiary/aromatic N) is 1. The van der Waals surface area contributed by atoms with Crippen molar-refractivity contribution in [3.05, 3.63) is 59.7 Å². The summed E-state index contributed by atoms with van der Waals surface area (Å²) in [6, 6.07) is 13.2. The highest BCUT2D eigenvalue weighted by Gasteiger charge is 2.24. The number of sulfonamides is 1. The molecular formula is C23H27NO5S. The zero-order valence-corrected chi connectivity index (χ0v) is 18.7. The first-order valence-corrected chi connectivity index (χ1v) is 11.3. The number of rotatable bonds is 5. The lowest BCUT2D eigenvalue weighted by atomic mass is 10.1. The summed E-state index contributed by atoms with van der Waals surface area (Å²) in [5.74, 6) is 4.96. The number of para-hydroxylation sites is 1. The van der Waals surface area contributed by atoms with Gasteiger partial charge in [0.2, 0.25) is 10.0 Å². The average Bonchev–Trinajstić information content (AvgIpc) is 2.64. The second-order valence-corrected chi connectivity index (χ2v) is 9.82. The summed E-state index contributed by atoms with van der Waals surface area (Å²) in [5.41, 5.74) is 0.628. The fraction of sp³-hybridized carbons (Fsp3) is 0.348. The maximum absolute atomic E-state index is 12.7. The van der Waals surface area contributed by atoms with Crippen LogP contribution < -0.4 is 4.31 Å². The molecule has 6 nitrogen and oxygen atoms in total. The van der Waals surface area contributed by atoms with E-state index in [-0.39, 0.29) is 23.8 Å². The minimum absolute atomic E-state index is 0.106. The molecular weight excluding hydrogens is 402 g/mol. The zero-order chi connectivity index (χ0) is 22.5. The SMILES string of the molecule is CC(C#Cc1cc(C(=O)OC(C)(C)C)cc(N(c2ccccc2)S(C)(=O)=O)c1)CO. The number of carbonyl (C=O) groups excluding carboxylic acids is 1. The summed E-state index contributed by atoms with van der Waals surface area (Å²) < 4.78 is 31.8. The number of esters is 1. The van der Waals surface area contributed by atoms with Crippen molar-refractivity contribution in [2.75, 3.05) is 17.2 Å². The maximum atomic E-state index is 12.7. The van der Waals surface area contributed by atoms with Gasteiger partial charge in [0.15, 0.2) is 0 Å². The van der Waals surface area contributed by atoms with Gasteiger partial charge in [0.25, 0.3) is 0 Å². The van der Waals surface area contributed by atoms with Gasteiger partial charge in [-0.05, 0) is 58.0 Å². The van der Waals surface area contributed by atoms with E-state index in [2.05, 4.69) is 11.8 Å². The van der Waals surface area contributed by atoms with Crippen molar-refractivity contribution in [1.29, 1.82) is 0 Å². The van der Waals surface area contributed by atoms with Crippen LogP contribution in [-0.2, 0) is 14.8 Å². The molecule has 0 aliphatic carbocycles. The molecule has 0 amide bonds. The van der Waals surface area contributed by atoms with E-state index in [9.17, 15) is 18.3 Å². The lowest BCUT2D eigenvalue weighted by Crippen LogP contribution is -2.26. The molecule has 0 aromatic heterocycles. The Morgan fingerprint density at radius 1 is 1.13 bits per heavy atom. The fourth-order valence-corrected chi connectivity index (χ4v) is 3.60. The Balaban J connectivity index is 2.67. The highest BCUT2D eigenvalue weighted by molar-refractivity contribution is 7.92. The molecule has 160 valence electrons. The Hall–Kier alpha value is -2.82. The summed E-state index contributed by atoms with van der Waals surface area (Å²) >= 11 is 0. The van der Waals surface area contributed by atoms with Gasteiger partial charge >= 0.3 is 5.97 Å². The number of aliphatic hydroxyl groups is 1. The molecule has 0 radical (unpaired) electrons. The van der Waals surface area contributed by atoms with Crippen molar-refractivity contribution in [2.24, 2.45) is 5.92 Å². The Kier molecular flexibility index (Phi) is 7.30. The Labute approximate surface area is 178 Å². The molecule has 0 saturated carbocycles. The summed E-state index contributed by atoms with van der Waals surface area (Å²) in [6.45, 7) is 6.92. The first kappa shape index (κ1) is 23.5. The maximum Gasteiger partial charge on any atom is 0.338 e. The predicted octanol–water partition coefficient (Wildman–Crippen LogP) is 3.72. The molecule has 0 aliphatic rings. The van der Waals surface area contributed by atoms with Gasteiger partial charge in [-0.1, -0.05) is 30.0 Å². The summed E-state index contributed by atoms with van der Waals surface area (Å²) in [5, 5.41) is 9.22. The van der Waals surface area contributed by atoms with Crippen LogP contribution in [-0.4, -0.2) is 38.0 Å². The summed E-state index contributed by atoms with van der Waals surface area (Å²) in [7, 11) is -3.71. The van der Waals surface area contributed by atoms with E-state index in [0.29, 0.717) is 11.3 Å². The highest BCUT2D eigenvalue weighted by Crippen LogP contribution is 2.30. The number of ether oxygens (including phenoxy) is 1. The van der Waals surface area contributed by atoms with Gasteiger partial charge < -0.3 is 9.84 Å². The topological polar surface area (TPSA) is 83.9 Å². The number of hydrogen-bond donors (Lipinski definition) is 1. The van der Waals surface area contributed by atoms with Crippen molar-refractivity contribution in [3.8, 4) is 11.8 Å². The van der Waals surface area contributed by atoms with Crippen LogP contribution in [0.1, 0.15) is 43.6 Å². The molecule has 2 rings (SSSR count). The van der Waals surface area contributed by atoms with Crippen LogP contribution in [0.4, 0.5) is 11.4 Å². The lowest BCUT2D eigenvalue weighted by Gasteiger charge is -2.24. The minimum Gasteiger partial charge on any atom is -0.456 e. The van der Waals surface area contributed by atoms with Crippen LogP contribution in [0.3, 0.4) is 0 Å². The molecule has 0 aliphatic heterocycles. The number of anilines is 2. The van der Waals surface area contributed by atoms with Crippen LogP contribution in [0.15, 0.2) is 48.5 Å². The van der Waals surface area contributed by atoms with Gasteiger partial charge in [0.05, 0.1) is 29.8 Å². The van der Waals surface area contributed by atoms with Gasteiger partial charge in [0.1, 0.15) is 5.60 Å². The molecule has 1 unspecified atom stereocenters. The largest absolute Gasteiger partial charge is 0.456 e. The zero-order valence-electron chi connectivity index (χ0n) is 17.8. The van der Waals surface area contributed by atoms with Crippen molar-refractivity contribution in [3.63, 3.8) is 0 Å². The first-order valence-electron chi connectivity index (χ1n) is 9.47. The molecule has 1 atom stereocenters. The monoisotopic (exact) mass is 429 g/mol. The molecule has 0 bridgehead atoms. The average molecular weight is 430 g/mol. The third-order valence-electron chi connectivity index (χ3n) is 3.85. The van der Waals surface area contributed by atoms with E-state index in [1.54, 1.807) is 70.2 Å². The van der Waals surface area contributed by atoms with Gasteiger partial charge in [-0.3, -0.25) is 0 Å². The summed E-state index contributed by atoms with van der Waals surface area (Å²) in [4.78, 5) is 12.7. The molecule has 0 spiro atoms. The van der Waals surface area contributed by atoms with Crippen LogP contribution in [0.25, 0.3) is 0 Å². The quantitative estimate of drug-likeness (QED) is 0.578. The molecule has 2 aromatic rings. The number of hydrogen-bond acceptors (Lipinski definition) is 5. The standard InChI is InChI=1S/C23H27NO5S/c1-17(16-25)11-12-18-13-19(22(26)29-23(2,3)4)15-21(14-18)24(30(5,27)28)20-9-7-6-8-10-20/h6-10,13-15,17,25H,16H2,1-5H3. The number of carbonyl (C=O) groups is 1. The minimum atomic E-state index is -3.71. The van der Waals surface area contributed by atoms with Crippen LogP contribution in [0, 0.1) is 17.8 Å². The van der Waals surface area contributed by atoms with Crippen molar-refractivity contribution in [1.82, 2.24) is 0 Å². The van der Waals surface area contributed by atoms with E-state index in [4.69, 9.17) is 4.74 Å². The highest BCUT2D eigenvalue weighted by atomic mass is 32.2. The number of aliphatic hydroxyl groups excluding tert-OH is 1. The van der Waals surface area contributed by atoms with Crippen molar-refractivity contribution in [2.45, 2.75) is 33.3 Å². The lowest BCUT2D eigenvalue weighted by molar-refractivity contribution is 0.00694. The first-order chi connectivity index (χ1) is 13.9. The Morgan fingerprint density at radius 3 is 2.30 bits per heavy atom. The molecule has 0 fully saturated rings. The van der Waals surface area contributed by atoms with Gasteiger partial charge in [0, 0.05) is 11.5 Å². The molecule has 0 saturated heterocycles. The molecule has 0 heterocycles. The van der Waals surface area contributed by atoms with Crippen molar-refractivity contribution >= 4 is 27.4 Å². The van der Waals surface area contributed by atoms with E-state index >= 15 is 0 Å². The smallest absolute Gasteiger partial charge is 0.338 e. The second kappa shape index (κ2) is 9.33. The van der Waals surface area contributed by atoms with E-state index in [0.717, 1.165) is 10.6 Å². The Bertz CT molecular complexity index is 1060. The number of benzene rings is 2.